The fourth-order valence-corrected chi connectivity index (χ4v) is 10.0. The fourth-order valence-electron chi connectivity index (χ4n) is 10.0. The number of hydrogen-bond acceptors (Lipinski definition) is 4. The van der Waals surface area contributed by atoms with Crippen molar-refractivity contribution in [2.75, 3.05) is 0 Å². The summed E-state index contributed by atoms with van der Waals surface area (Å²) in [5, 5.41) is 0. The van der Waals surface area contributed by atoms with Crippen LogP contribution in [0.5, 0.6) is 0 Å². The maximum atomic E-state index is 11.9. The minimum atomic E-state index is -0.333. The summed E-state index contributed by atoms with van der Waals surface area (Å²) in [6.07, 6.45) is 15.4. The van der Waals surface area contributed by atoms with E-state index < -0.39 is 0 Å². The standard InChI is InChI=1S/C33H54O4/c1-9-33(21(2)3,37-24(6)35)19-14-22(4)28-12-13-29-27-11-10-25-20-26(36-23(5)34)15-17-31(25,7)30(27)16-18-32(28,29)8/h10,21-22,26-30H,9,11-20H2,1-8H3/t22?,26-,27?,28?,29?,30?,31?,32?,33?/m0/s1. The van der Waals surface area contributed by atoms with Crippen molar-refractivity contribution < 1.29 is 19.1 Å². The van der Waals surface area contributed by atoms with E-state index in [2.05, 4.69) is 47.6 Å². The summed E-state index contributed by atoms with van der Waals surface area (Å²) in [5.41, 5.74) is 1.95. The molecule has 3 saturated carbocycles. The van der Waals surface area contributed by atoms with Gasteiger partial charge in [0.15, 0.2) is 0 Å². The number of fused-ring (bicyclic) bond motifs is 5. The second-order valence-electron chi connectivity index (χ2n) is 14.1. The van der Waals surface area contributed by atoms with Gasteiger partial charge in [-0.3, -0.25) is 9.59 Å². The lowest BCUT2D eigenvalue weighted by molar-refractivity contribution is -0.164. The van der Waals surface area contributed by atoms with Gasteiger partial charge in [-0.2, -0.15) is 0 Å². The van der Waals surface area contributed by atoms with Gasteiger partial charge in [-0.1, -0.05) is 53.2 Å². The van der Waals surface area contributed by atoms with Gasteiger partial charge in [0, 0.05) is 20.3 Å². The number of carbonyl (C=O) groups is 2. The normalized spacial score (nSPS) is 39.5. The fraction of sp³-hybridized carbons (Fsp3) is 0.879. The molecule has 37 heavy (non-hydrogen) atoms. The molecule has 8 unspecified atom stereocenters. The lowest BCUT2D eigenvalue weighted by Gasteiger charge is -2.58. The Labute approximate surface area is 226 Å². The van der Waals surface area contributed by atoms with Crippen molar-refractivity contribution >= 4 is 11.9 Å². The minimum absolute atomic E-state index is 0.0759. The lowest BCUT2D eigenvalue weighted by Crippen LogP contribution is -2.51. The Morgan fingerprint density at radius 3 is 2.38 bits per heavy atom. The molecule has 0 aliphatic heterocycles. The van der Waals surface area contributed by atoms with E-state index in [1.54, 1.807) is 19.4 Å². The van der Waals surface area contributed by atoms with Crippen LogP contribution in [0.3, 0.4) is 0 Å². The SMILES string of the molecule is CCC(CCC(C)C1CCC2C3CC=C4C[C@@H](OC(C)=O)CCC4(C)C3CCC12C)(OC(C)=O)C(C)C. The van der Waals surface area contributed by atoms with Gasteiger partial charge in [-0.05, 0) is 111 Å². The number of rotatable bonds is 8. The van der Waals surface area contributed by atoms with E-state index in [0.29, 0.717) is 17.3 Å². The largest absolute Gasteiger partial charge is 0.462 e. The van der Waals surface area contributed by atoms with E-state index in [9.17, 15) is 9.59 Å². The molecule has 0 aromatic carbocycles. The molecule has 4 nitrogen and oxygen atoms in total. The number of carbonyl (C=O) groups excluding carboxylic acids is 2. The van der Waals surface area contributed by atoms with Gasteiger partial charge in [0.2, 0.25) is 0 Å². The number of hydrogen-bond donors (Lipinski definition) is 0. The Hall–Kier alpha value is -1.32. The van der Waals surface area contributed by atoms with Gasteiger partial charge in [0.05, 0.1) is 0 Å². The second kappa shape index (κ2) is 10.7. The first-order chi connectivity index (χ1) is 17.4. The smallest absolute Gasteiger partial charge is 0.303 e. The summed E-state index contributed by atoms with van der Waals surface area (Å²) in [6.45, 7) is 17.3. The molecular weight excluding hydrogens is 460 g/mol. The van der Waals surface area contributed by atoms with Crippen molar-refractivity contribution in [1.82, 2.24) is 0 Å². The summed E-state index contributed by atoms with van der Waals surface area (Å²) in [4.78, 5) is 23.5. The average molecular weight is 515 g/mol. The Balaban J connectivity index is 1.46. The van der Waals surface area contributed by atoms with Crippen molar-refractivity contribution in [2.24, 2.45) is 46.3 Å². The summed E-state index contributed by atoms with van der Waals surface area (Å²) < 4.78 is 11.6. The maximum absolute atomic E-state index is 11.9. The zero-order valence-electron chi connectivity index (χ0n) is 25.0. The van der Waals surface area contributed by atoms with Gasteiger partial charge in [-0.25, -0.2) is 0 Å². The van der Waals surface area contributed by atoms with E-state index in [4.69, 9.17) is 9.47 Å². The van der Waals surface area contributed by atoms with Crippen LogP contribution in [0.15, 0.2) is 11.6 Å². The zero-order chi connectivity index (χ0) is 27.2. The van der Waals surface area contributed by atoms with Gasteiger partial charge >= 0.3 is 11.9 Å². The van der Waals surface area contributed by atoms with E-state index in [1.165, 1.54) is 32.1 Å². The highest BCUT2D eigenvalue weighted by Crippen LogP contribution is 2.67. The molecule has 0 heterocycles. The molecule has 0 aromatic rings. The topological polar surface area (TPSA) is 52.6 Å². The summed E-state index contributed by atoms with van der Waals surface area (Å²) in [5.74, 6) is 3.84. The molecule has 0 radical (unpaired) electrons. The molecule has 0 spiro atoms. The Bertz CT molecular complexity index is 891. The average Bonchev–Trinajstić information content (AvgIpc) is 3.18. The van der Waals surface area contributed by atoms with Gasteiger partial charge < -0.3 is 9.47 Å². The van der Waals surface area contributed by atoms with Crippen molar-refractivity contribution in [3.8, 4) is 0 Å². The first kappa shape index (κ1) is 28.7. The first-order valence-corrected chi connectivity index (χ1v) is 15.4. The lowest BCUT2D eigenvalue weighted by atomic mass is 9.47. The zero-order valence-corrected chi connectivity index (χ0v) is 25.0. The molecule has 3 fully saturated rings. The van der Waals surface area contributed by atoms with E-state index in [1.807, 2.05) is 0 Å². The van der Waals surface area contributed by atoms with Crippen molar-refractivity contribution in [3.05, 3.63) is 11.6 Å². The van der Waals surface area contributed by atoms with Crippen LogP contribution in [-0.2, 0) is 19.1 Å². The van der Waals surface area contributed by atoms with Crippen LogP contribution in [0, 0.1) is 46.3 Å². The van der Waals surface area contributed by atoms with Crippen LogP contribution >= 0.6 is 0 Å². The van der Waals surface area contributed by atoms with E-state index >= 15 is 0 Å². The third-order valence-electron chi connectivity index (χ3n) is 12.2. The highest BCUT2D eigenvalue weighted by Gasteiger charge is 2.59. The van der Waals surface area contributed by atoms with Gasteiger partial charge in [0.25, 0.3) is 0 Å². The first-order valence-electron chi connectivity index (χ1n) is 15.4. The predicted molar refractivity (Wildman–Crippen MR) is 149 cm³/mol. The molecule has 4 aliphatic carbocycles. The van der Waals surface area contributed by atoms with Crippen LogP contribution < -0.4 is 0 Å². The minimum Gasteiger partial charge on any atom is -0.462 e. The highest BCUT2D eigenvalue weighted by molar-refractivity contribution is 5.66. The Morgan fingerprint density at radius 2 is 1.76 bits per heavy atom. The summed E-state index contributed by atoms with van der Waals surface area (Å²) >= 11 is 0. The van der Waals surface area contributed by atoms with Crippen molar-refractivity contribution in [1.29, 1.82) is 0 Å². The molecule has 9 atom stereocenters. The molecule has 4 rings (SSSR count). The molecule has 0 bridgehead atoms. The van der Waals surface area contributed by atoms with E-state index in [0.717, 1.165) is 62.2 Å². The van der Waals surface area contributed by atoms with Gasteiger partial charge in [-0.15, -0.1) is 0 Å². The van der Waals surface area contributed by atoms with E-state index in [-0.39, 0.29) is 29.1 Å². The quantitative estimate of drug-likeness (QED) is 0.241. The maximum Gasteiger partial charge on any atom is 0.303 e. The van der Waals surface area contributed by atoms with Crippen molar-refractivity contribution in [2.45, 2.75) is 138 Å². The second-order valence-corrected chi connectivity index (χ2v) is 14.1. The molecule has 0 aromatic heterocycles. The number of allylic oxidation sites excluding steroid dienone is 1. The number of esters is 2. The summed E-state index contributed by atoms with van der Waals surface area (Å²) in [6, 6.07) is 0. The Kier molecular flexibility index (Phi) is 8.28. The van der Waals surface area contributed by atoms with Crippen LogP contribution in [-0.4, -0.2) is 23.6 Å². The Morgan fingerprint density at radius 1 is 1.03 bits per heavy atom. The predicted octanol–water partition coefficient (Wildman–Crippen LogP) is 8.28. The molecule has 0 saturated heterocycles. The molecule has 4 heteroatoms. The number of ether oxygens (including phenoxy) is 2. The molecule has 0 N–H and O–H groups in total. The summed E-state index contributed by atoms with van der Waals surface area (Å²) in [7, 11) is 0. The highest BCUT2D eigenvalue weighted by atomic mass is 16.6. The van der Waals surface area contributed by atoms with Crippen LogP contribution in [0.1, 0.15) is 126 Å². The molecule has 0 amide bonds. The van der Waals surface area contributed by atoms with Crippen LogP contribution in [0.25, 0.3) is 0 Å². The molecule has 4 aliphatic rings. The monoisotopic (exact) mass is 514 g/mol. The van der Waals surface area contributed by atoms with Crippen LogP contribution in [0.2, 0.25) is 0 Å². The third kappa shape index (κ3) is 5.17. The third-order valence-corrected chi connectivity index (χ3v) is 12.2. The molecular formula is C33H54O4. The van der Waals surface area contributed by atoms with Crippen molar-refractivity contribution in [3.63, 3.8) is 0 Å². The molecule has 210 valence electrons. The van der Waals surface area contributed by atoms with Crippen LogP contribution in [0.4, 0.5) is 0 Å². The van der Waals surface area contributed by atoms with Gasteiger partial charge in [0.1, 0.15) is 11.7 Å².